The maximum absolute atomic E-state index is 5.57. The summed E-state index contributed by atoms with van der Waals surface area (Å²) in [6.07, 6.45) is 5.99. The molecule has 1 aromatic heterocycles. The summed E-state index contributed by atoms with van der Waals surface area (Å²) in [4.78, 5) is 2.73. The van der Waals surface area contributed by atoms with Crippen molar-refractivity contribution < 1.29 is 4.74 Å². The molecule has 1 unspecified atom stereocenters. The number of benzene rings is 1. The van der Waals surface area contributed by atoms with Crippen LogP contribution in [0.3, 0.4) is 0 Å². The molecular weight excluding hydrogens is 320 g/mol. The summed E-state index contributed by atoms with van der Waals surface area (Å²) in [6, 6.07) is 11.7. The Morgan fingerprint density at radius 1 is 1.12 bits per heavy atom. The summed E-state index contributed by atoms with van der Waals surface area (Å²) >= 11 is 0. The van der Waals surface area contributed by atoms with Crippen molar-refractivity contribution in [2.24, 2.45) is 0 Å². The van der Waals surface area contributed by atoms with Gasteiger partial charge in [0.2, 0.25) is 0 Å². The van der Waals surface area contributed by atoms with Crippen molar-refractivity contribution in [3.8, 4) is 5.75 Å². The summed E-state index contributed by atoms with van der Waals surface area (Å²) < 4.78 is 8.02. The largest absolute Gasteiger partial charge is 0.496 e. The third kappa shape index (κ3) is 4.15. The van der Waals surface area contributed by atoms with Crippen molar-refractivity contribution in [2.45, 2.75) is 65.5 Å². The lowest BCUT2D eigenvalue weighted by molar-refractivity contribution is 0.174. The highest BCUT2D eigenvalue weighted by Gasteiger charge is 2.25. The molecule has 3 heteroatoms. The topological polar surface area (TPSA) is 17.4 Å². The molecule has 0 spiro atoms. The quantitative estimate of drug-likeness (QED) is 0.679. The van der Waals surface area contributed by atoms with E-state index < -0.39 is 0 Å². The highest BCUT2D eigenvalue weighted by atomic mass is 16.5. The number of aromatic nitrogens is 1. The van der Waals surface area contributed by atoms with E-state index in [1.165, 1.54) is 54.9 Å². The van der Waals surface area contributed by atoms with E-state index in [4.69, 9.17) is 4.74 Å². The molecule has 0 fully saturated rings. The Hall–Kier alpha value is -1.74. The molecule has 142 valence electrons. The van der Waals surface area contributed by atoms with Crippen LogP contribution in [0.1, 0.15) is 48.7 Å². The SMILES string of the molecule is CCCN(CCCn1c(C)ccc1C)C1CCc2c(cccc2OC)C1. The fourth-order valence-corrected chi connectivity index (χ4v) is 4.50. The van der Waals surface area contributed by atoms with E-state index >= 15 is 0 Å². The van der Waals surface area contributed by atoms with Gasteiger partial charge >= 0.3 is 0 Å². The molecule has 0 saturated carbocycles. The third-order valence-corrected chi connectivity index (χ3v) is 5.90. The molecule has 26 heavy (non-hydrogen) atoms. The van der Waals surface area contributed by atoms with Gasteiger partial charge in [-0.3, -0.25) is 4.90 Å². The molecule has 1 atom stereocenters. The van der Waals surface area contributed by atoms with Gasteiger partial charge in [0.1, 0.15) is 5.75 Å². The van der Waals surface area contributed by atoms with E-state index in [1.54, 1.807) is 7.11 Å². The molecule has 0 N–H and O–H groups in total. The lowest BCUT2D eigenvalue weighted by atomic mass is 9.86. The summed E-state index contributed by atoms with van der Waals surface area (Å²) in [5, 5.41) is 0. The fourth-order valence-electron chi connectivity index (χ4n) is 4.50. The van der Waals surface area contributed by atoms with Crippen LogP contribution in [-0.2, 0) is 19.4 Å². The molecule has 3 rings (SSSR count). The van der Waals surface area contributed by atoms with Gasteiger partial charge in [-0.1, -0.05) is 19.1 Å². The van der Waals surface area contributed by atoms with Gasteiger partial charge in [-0.15, -0.1) is 0 Å². The van der Waals surface area contributed by atoms with E-state index in [1.807, 2.05) is 0 Å². The second-order valence-corrected chi connectivity index (χ2v) is 7.65. The van der Waals surface area contributed by atoms with Crippen LogP contribution in [0, 0.1) is 13.8 Å². The first-order valence-corrected chi connectivity index (χ1v) is 10.2. The molecule has 0 radical (unpaired) electrons. The fraction of sp³-hybridized carbons (Fsp3) is 0.565. The average molecular weight is 355 g/mol. The Labute approximate surface area is 159 Å². The first-order chi connectivity index (χ1) is 12.6. The van der Waals surface area contributed by atoms with E-state index in [2.05, 4.69) is 60.6 Å². The monoisotopic (exact) mass is 354 g/mol. The molecular formula is C23H34N2O. The van der Waals surface area contributed by atoms with Gasteiger partial charge in [-0.25, -0.2) is 0 Å². The van der Waals surface area contributed by atoms with Gasteiger partial charge in [0.15, 0.2) is 0 Å². The summed E-state index contributed by atoms with van der Waals surface area (Å²) in [5.41, 5.74) is 5.67. The number of hydrogen-bond acceptors (Lipinski definition) is 2. The van der Waals surface area contributed by atoms with Crippen LogP contribution < -0.4 is 4.74 Å². The van der Waals surface area contributed by atoms with Crippen molar-refractivity contribution in [3.63, 3.8) is 0 Å². The van der Waals surface area contributed by atoms with Crippen LogP contribution in [-0.4, -0.2) is 35.7 Å². The first kappa shape index (κ1) is 19.0. The van der Waals surface area contributed by atoms with Crippen molar-refractivity contribution in [2.75, 3.05) is 20.2 Å². The van der Waals surface area contributed by atoms with Gasteiger partial charge in [0.05, 0.1) is 7.11 Å². The highest BCUT2D eigenvalue weighted by Crippen LogP contribution is 2.31. The lowest BCUT2D eigenvalue weighted by Crippen LogP contribution is -2.40. The Bertz CT molecular complexity index is 699. The molecule has 0 amide bonds. The molecule has 1 aliphatic rings. The van der Waals surface area contributed by atoms with E-state index in [-0.39, 0.29) is 0 Å². The minimum absolute atomic E-state index is 0.668. The third-order valence-electron chi connectivity index (χ3n) is 5.90. The summed E-state index contributed by atoms with van der Waals surface area (Å²) in [5.74, 6) is 1.07. The van der Waals surface area contributed by atoms with E-state index in [0.717, 1.165) is 25.1 Å². The number of ether oxygens (including phenoxy) is 1. The zero-order valence-electron chi connectivity index (χ0n) is 16.9. The van der Waals surface area contributed by atoms with E-state index in [0.29, 0.717) is 6.04 Å². The Kier molecular flexibility index (Phi) is 6.42. The van der Waals surface area contributed by atoms with Crippen molar-refractivity contribution >= 4 is 0 Å². The number of nitrogens with zero attached hydrogens (tertiary/aromatic N) is 2. The lowest BCUT2D eigenvalue weighted by Gasteiger charge is -2.35. The zero-order valence-corrected chi connectivity index (χ0v) is 16.9. The maximum atomic E-state index is 5.57. The van der Waals surface area contributed by atoms with Crippen LogP contribution in [0.4, 0.5) is 0 Å². The van der Waals surface area contributed by atoms with E-state index in [9.17, 15) is 0 Å². The van der Waals surface area contributed by atoms with Crippen LogP contribution >= 0.6 is 0 Å². The summed E-state index contributed by atoms with van der Waals surface area (Å²) in [6.45, 7) is 10.2. The average Bonchev–Trinajstić information content (AvgIpc) is 2.98. The van der Waals surface area contributed by atoms with Crippen molar-refractivity contribution in [1.82, 2.24) is 9.47 Å². The maximum Gasteiger partial charge on any atom is 0.122 e. The standard InChI is InChI=1S/C23H34N2O/c1-5-14-24(15-7-16-25-18(2)10-11-19(25)3)21-12-13-22-20(17-21)8-6-9-23(22)26-4/h6,8-11,21H,5,7,12-17H2,1-4H3. The van der Waals surface area contributed by atoms with Gasteiger partial charge < -0.3 is 9.30 Å². The van der Waals surface area contributed by atoms with Crippen LogP contribution in [0.15, 0.2) is 30.3 Å². The molecule has 2 aromatic rings. The van der Waals surface area contributed by atoms with Crippen molar-refractivity contribution in [3.05, 3.63) is 52.8 Å². The summed E-state index contributed by atoms with van der Waals surface area (Å²) in [7, 11) is 1.79. The normalized spacial score (nSPS) is 16.7. The molecule has 1 heterocycles. The smallest absolute Gasteiger partial charge is 0.122 e. The van der Waals surface area contributed by atoms with Gasteiger partial charge in [-0.2, -0.15) is 0 Å². The molecule has 1 aromatic carbocycles. The second-order valence-electron chi connectivity index (χ2n) is 7.65. The van der Waals surface area contributed by atoms with Gasteiger partial charge in [0.25, 0.3) is 0 Å². The number of fused-ring (bicyclic) bond motifs is 1. The number of rotatable bonds is 8. The molecule has 0 saturated heterocycles. The highest BCUT2D eigenvalue weighted by molar-refractivity contribution is 5.42. The Morgan fingerprint density at radius 2 is 1.88 bits per heavy atom. The van der Waals surface area contributed by atoms with Crippen LogP contribution in [0.25, 0.3) is 0 Å². The second kappa shape index (κ2) is 8.77. The minimum Gasteiger partial charge on any atom is -0.496 e. The Morgan fingerprint density at radius 3 is 2.58 bits per heavy atom. The number of methoxy groups -OCH3 is 1. The number of aryl methyl sites for hydroxylation is 2. The predicted octanol–water partition coefficient (Wildman–Crippen LogP) is 4.77. The van der Waals surface area contributed by atoms with Gasteiger partial charge in [0, 0.05) is 30.5 Å². The molecule has 3 nitrogen and oxygen atoms in total. The molecule has 1 aliphatic carbocycles. The zero-order chi connectivity index (χ0) is 18.5. The number of hydrogen-bond donors (Lipinski definition) is 0. The Balaban J connectivity index is 1.63. The van der Waals surface area contributed by atoms with Crippen LogP contribution in [0.5, 0.6) is 5.75 Å². The van der Waals surface area contributed by atoms with Gasteiger partial charge in [-0.05, 0) is 81.8 Å². The van der Waals surface area contributed by atoms with Crippen molar-refractivity contribution in [1.29, 1.82) is 0 Å². The molecule has 0 aliphatic heterocycles. The van der Waals surface area contributed by atoms with Crippen LogP contribution in [0.2, 0.25) is 0 Å². The predicted molar refractivity (Wildman–Crippen MR) is 109 cm³/mol. The molecule has 0 bridgehead atoms. The minimum atomic E-state index is 0.668. The first-order valence-electron chi connectivity index (χ1n) is 10.2.